The minimum Gasteiger partial charge on any atom is -0.481 e. The Kier molecular flexibility index (Phi) is 4.66. The van der Waals surface area contributed by atoms with Crippen LogP contribution in [0.25, 0.3) is 0 Å². The number of aliphatic carboxylic acids is 1. The first-order valence-corrected chi connectivity index (χ1v) is 7.24. The van der Waals surface area contributed by atoms with Crippen molar-refractivity contribution in [3.63, 3.8) is 0 Å². The van der Waals surface area contributed by atoms with Crippen LogP contribution in [0.4, 0.5) is 0 Å². The van der Waals surface area contributed by atoms with Crippen molar-refractivity contribution in [3.8, 4) is 0 Å². The number of halogens is 1. The fraction of sp³-hybridized carbons (Fsp3) is 0.417. The van der Waals surface area contributed by atoms with Crippen LogP contribution < -0.4 is 5.73 Å². The molecule has 1 atom stereocenters. The van der Waals surface area contributed by atoms with E-state index in [0.29, 0.717) is 5.25 Å². The number of carbonyl (C=O) groups is 1. The highest BCUT2D eigenvalue weighted by Crippen LogP contribution is 2.35. The molecule has 1 aliphatic rings. The predicted octanol–water partition coefficient (Wildman–Crippen LogP) is 2.41. The summed E-state index contributed by atoms with van der Waals surface area (Å²) in [6, 6.07) is 5.30. The first-order chi connectivity index (χ1) is 8.56. The van der Waals surface area contributed by atoms with Crippen molar-refractivity contribution in [1.29, 1.82) is 0 Å². The third-order valence-electron chi connectivity index (χ3n) is 2.68. The maximum absolute atomic E-state index is 10.6. The highest BCUT2D eigenvalue weighted by Gasteiger charge is 2.21. The minimum absolute atomic E-state index is 0.0601. The van der Waals surface area contributed by atoms with Gasteiger partial charge in [-0.2, -0.15) is 0 Å². The summed E-state index contributed by atoms with van der Waals surface area (Å²) >= 11 is 5.26. The molecule has 0 radical (unpaired) electrons. The van der Waals surface area contributed by atoms with Gasteiger partial charge in [0, 0.05) is 15.4 Å². The largest absolute Gasteiger partial charge is 0.481 e. The van der Waals surface area contributed by atoms with Crippen molar-refractivity contribution >= 4 is 33.7 Å². The Labute approximate surface area is 118 Å². The molecule has 1 heterocycles. The average Bonchev–Trinajstić information content (AvgIpc) is 2.23. The van der Waals surface area contributed by atoms with Gasteiger partial charge in [-0.15, -0.1) is 11.8 Å². The zero-order chi connectivity index (χ0) is 13.1. The van der Waals surface area contributed by atoms with E-state index in [2.05, 4.69) is 15.9 Å². The Hall–Kier alpha value is -0.560. The number of hydrogen-bond donors (Lipinski definition) is 2. The number of carboxylic acids is 1. The summed E-state index contributed by atoms with van der Waals surface area (Å²) in [6.07, 6.45) is -0.0601. The van der Waals surface area contributed by atoms with Crippen LogP contribution >= 0.6 is 27.7 Å². The maximum Gasteiger partial charge on any atom is 0.305 e. The molecule has 18 heavy (non-hydrogen) atoms. The second kappa shape index (κ2) is 6.06. The van der Waals surface area contributed by atoms with Gasteiger partial charge in [0.1, 0.15) is 0 Å². The van der Waals surface area contributed by atoms with E-state index in [9.17, 15) is 4.79 Å². The van der Waals surface area contributed by atoms with E-state index >= 15 is 0 Å². The summed E-state index contributed by atoms with van der Waals surface area (Å²) in [7, 11) is 0. The van der Waals surface area contributed by atoms with Crippen LogP contribution in [0.15, 0.2) is 27.6 Å². The molecule has 0 aliphatic carbocycles. The molecule has 0 saturated carbocycles. The molecular formula is C12H14BrNO3S. The second-order valence-electron chi connectivity index (χ2n) is 4.17. The summed E-state index contributed by atoms with van der Waals surface area (Å²) in [5, 5.41) is 9.23. The molecule has 0 bridgehead atoms. The monoisotopic (exact) mass is 331 g/mol. The fourth-order valence-corrected chi connectivity index (χ4v) is 3.29. The van der Waals surface area contributed by atoms with E-state index in [0.717, 1.165) is 28.1 Å². The van der Waals surface area contributed by atoms with E-state index in [-0.39, 0.29) is 6.42 Å². The van der Waals surface area contributed by atoms with Gasteiger partial charge in [-0.3, -0.25) is 4.79 Å². The molecule has 0 spiro atoms. The second-order valence-corrected chi connectivity index (χ2v) is 6.37. The smallest absolute Gasteiger partial charge is 0.305 e. The molecule has 1 fully saturated rings. The molecule has 1 aromatic rings. The van der Waals surface area contributed by atoms with Crippen molar-refractivity contribution in [3.05, 3.63) is 28.2 Å². The molecule has 4 nitrogen and oxygen atoms in total. The van der Waals surface area contributed by atoms with Gasteiger partial charge < -0.3 is 15.6 Å². The van der Waals surface area contributed by atoms with Crippen LogP contribution in [0, 0.1) is 0 Å². The Morgan fingerprint density at radius 1 is 1.61 bits per heavy atom. The quantitative estimate of drug-likeness (QED) is 0.866. The summed E-state index contributed by atoms with van der Waals surface area (Å²) in [6.45, 7) is 1.58. The molecule has 0 aromatic heterocycles. The Morgan fingerprint density at radius 3 is 2.83 bits per heavy atom. The zero-order valence-electron chi connectivity index (χ0n) is 9.64. The number of nitrogens with two attached hydrogens (primary N) is 1. The Morgan fingerprint density at radius 2 is 2.33 bits per heavy atom. The molecule has 6 heteroatoms. The normalized spacial score (nSPS) is 17.2. The number of thioether (sulfide) groups is 1. The van der Waals surface area contributed by atoms with Crippen LogP contribution in [0.1, 0.15) is 18.0 Å². The predicted molar refractivity (Wildman–Crippen MR) is 73.8 cm³/mol. The molecule has 1 aromatic carbocycles. The number of ether oxygens (including phenoxy) is 1. The third-order valence-corrected chi connectivity index (χ3v) is 4.81. The van der Waals surface area contributed by atoms with Crippen LogP contribution in [0.3, 0.4) is 0 Å². The molecule has 1 unspecified atom stereocenters. The highest BCUT2D eigenvalue weighted by atomic mass is 79.9. The van der Waals surface area contributed by atoms with Gasteiger partial charge in [0.05, 0.1) is 24.9 Å². The Bertz CT molecular complexity index is 451. The summed E-state index contributed by atoms with van der Waals surface area (Å²) < 4.78 is 6.09. The van der Waals surface area contributed by atoms with Crippen molar-refractivity contribution in [1.82, 2.24) is 0 Å². The number of rotatable bonds is 5. The number of carboxylic acid groups (broad SMARTS) is 1. The lowest BCUT2D eigenvalue weighted by Gasteiger charge is -2.25. The summed E-state index contributed by atoms with van der Waals surface area (Å²) in [5.41, 5.74) is 6.66. The van der Waals surface area contributed by atoms with Crippen molar-refractivity contribution < 1.29 is 14.6 Å². The van der Waals surface area contributed by atoms with Crippen molar-refractivity contribution in [2.24, 2.45) is 5.73 Å². The lowest BCUT2D eigenvalue weighted by Crippen LogP contribution is -2.30. The minimum atomic E-state index is -0.885. The average molecular weight is 332 g/mol. The zero-order valence-corrected chi connectivity index (χ0v) is 12.0. The van der Waals surface area contributed by atoms with Gasteiger partial charge in [0.25, 0.3) is 0 Å². The van der Waals surface area contributed by atoms with Crippen LogP contribution in [-0.2, 0) is 9.53 Å². The standard InChI is InChI=1S/C12H14BrNO3S/c13-9-3-7(10(14)4-12(15)16)1-2-11(9)18-8-5-17-6-8/h1-3,8,10H,4-6,14H2,(H,15,16). The fourth-order valence-electron chi connectivity index (χ4n) is 1.61. The molecule has 3 N–H and O–H groups in total. The molecule has 98 valence electrons. The first kappa shape index (κ1) is 13.9. The van der Waals surface area contributed by atoms with Gasteiger partial charge >= 0.3 is 5.97 Å². The van der Waals surface area contributed by atoms with Crippen molar-refractivity contribution in [2.45, 2.75) is 22.6 Å². The van der Waals surface area contributed by atoms with E-state index in [4.69, 9.17) is 15.6 Å². The van der Waals surface area contributed by atoms with Gasteiger partial charge in [-0.05, 0) is 33.6 Å². The lowest BCUT2D eigenvalue weighted by molar-refractivity contribution is -0.137. The molecule has 2 rings (SSSR count). The SMILES string of the molecule is NC(CC(=O)O)c1ccc(SC2COC2)c(Br)c1. The molecule has 1 aliphatic heterocycles. The van der Waals surface area contributed by atoms with E-state index in [1.54, 1.807) is 11.8 Å². The maximum atomic E-state index is 10.6. The van der Waals surface area contributed by atoms with Crippen LogP contribution in [-0.4, -0.2) is 29.5 Å². The van der Waals surface area contributed by atoms with E-state index in [1.165, 1.54) is 0 Å². The highest BCUT2D eigenvalue weighted by molar-refractivity contribution is 9.10. The van der Waals surface area contributed by atoms with Gasteiger partial charge in [-0.1, -0.05) is 6.07 Å². The van der Waals surface area contributed by atoms with Crippen LogP contribution in [0.2, 0.25) is 0 Å². The first-order valence-electron chi connectivity index (χ1n) is 5.57. The Balaban J connectivity index is 2.05. The van der Waals surface area contributed by atoms with E-state index < -0.39 is 12.0 Å². The van der Waals surface area contributed by atoms with Gasteiger partial charge in [-0.25, -0.2) is 0 Å². The van der Waals surface area contributed by atoms with Crippen LogP contribution in [0.5, 0.6) is 0 Å². The molecule has 0 amide bonds. The third kappa shape index (κ3) is 3.47. The molecular weight excluding hydrogens is 318 g/mol. The van der Waals surface area contributed by atoms with Gasteiger partial charge in [0.15, 0.2) is 0 Å². The van der Waals surface area contributed by atoms with E-state index in [1.807, 2.05) is 18.2 Å². The topological polar surface area (TPSA) is 72.6 Å². The summed E-state index contributed by atoms with van der Waals surface area (Å²) in [4.78, 5) is 11.8. The number of benzene rings is 1. The van der Waals surface area contributed by atoms with Crippen molar-refractivity contribution in [2.75, 3.05) is 13.2 Å². The number of hydrogen-bond acceptors (Lipinski definition) is 4. The van der Waals surface area contributed by atoms with Gasteiger partial charge in [0.2, 0.25) is 0 Å². The summed E-state index contributed by atoms with van der Waals surface area (Å²) in [5.74, 6) is -0.885. The molecule has 1 saturated heterocycles. The lowest BCUT2D eigenvalue weighted by atomic mass is 10.1.